The van der Waals surface area contributed by atoms with Gasteiger partial charge in [-0.15, -0.1) is 0 Å². The summed E-state index contributed by atoms with van der Waals surface area (Å²) in [5.41, 5.74) is 6.82. The van der Waals surface area contributed by atoms with Gasteiger partial charge in [-0.2, -0.15) is 0 Å². The van der Waals surface area contributed by atoms with Gasteiger partial charge >= 0.3 is 5.97 Å². The molecule has 1 aromatic rings. The topological polar surface area (TPSA) is 142 Å². The molecule has 144 valence electrons. The summed E-state index contributed by atoms with van der Waals surface area (Å²) < 4.78 is 0. The number of hydrogen-bond donors (Lipinski definition) is 5. The highest BCUT2D eigenvalue weighted by atomic mass is 16.4. The molecular formula is C18H27N3O5. The number of rotatable bonds is 10. The van der Waals surface area contributed by atoms with Crippen molar-refractivity contribution in [3.8, 4) is 0 Å². The molecule has 0 fully saturated rings. The predicted molar refractivity (Wildman–Crippen MR) is 96.2 cm³/mol. The molecule has 1 aromatic carbocycles. The summed E-state index contributed by atoms with van der Waals surface area (Å²) in [7, 11) is 0. The van der Waals surface area contributed by atoms with Crippen molar-refractivity contribution in [3.63, 3.8) is 0 Å². The van der Waals surface area contributed by atoms with Gasteiger partial charge in [0.2, 0.25) is 11.8 Å². The van der Waals surface area contributed by atoms with E-state index in [1.54, 1.807) is 0 Å². The molecule has 0 aliphatic heterocycles. The van der Waals surface area contributed by atoms with Crippen molar-refractivity contribution in [2.24, 2.45) is 11.7 Å². The first-order chi connectivity index (χ1) is 12.2. The van der Waals surface area contributed by atoms with Crippen molar-refractivity contribution in [3.05, 3.63) is 35.9 Å². The standard InChI is InChI=1S/C18H27N3O5/c1-11(2)8-14(17(24)21-15(10-22)18(25)26)20-16(23)13(19)9-12-6-4-3-5-7-12/h3-7,11,13-15,22H,8-10,19H2,1-2H3,(H,20,23)(H,21,24)(H,25,26)/t13-,14-,15-/m0/s1. The zero-order valence-electron chi connectivity index (χ0n) is 15.0. The largest absolute Gasteiger partial charge is 0.480 e. The Bertz CT molecular complexity index is 606. The Labute approximate surface area is 152 Å². The molecule has 0 aromatic heterocycles. The van der Waals surface area contributed by atoms with Crippen LogP contribution in [0, 0.1) is 5.92 Å². The van der Waals surface area contributed by atoms with Crippen LogP contribution in [0.25, 0.3) is 0 Å². The smallest absolute Gasteiger partial charge is 0.328 e. The van der Waals surface area contributed by atoms with E-state index in [0.29, 0.717) is 12.8 Å². The molecule has 0 saturated carbocycles. The third-order valence-corrected chi connectivity index (χ3v) is 3.77. The lowest BCUT2D eigenvalue weighted by atomic mass is 10.0. The first-order valence-electron chi connectivity index (χ1n) is 8.48. The first-order valence-corrected chi connectivity index (χ1v) is 8.48. The molecular weight excluding hydrogens is 338 g/mol. The van der Waals surface area contributed by atoms with Crippen LogP contribution in [-0.4, -0.2) is 52.7 Å². The lowest BCUT2D eigenvalue weighted by Gasteiger charge is -2.23. The van der Waals surface area contributed by atoms with Crippen molar-refractivity contribution < 1.29 is 24.6 Å². The molecule has 0 saturated heterocycles. The molecule has 8 heteroatoms. The van der Waals surface area contributed by atoms with Crippen LogP contribution in [0.4, 0.5) is 0 Å². The van der Waals surface area contributed by atoms with Gasteiger partial charge in [0.1, 0.15) is 12.1 Å². The van der Waals surface area contributed by atoms with Gasteiger partial charge < -0.3 is 26.6 Å². The first kappa shape index (κ1) is 21.6. The zero-order chi connectivity index (χ0) is 19.7. The third-order valence-electron chi connectivity index (χ3n) is 3.77. The summed E-state index contributed by atoms with van der Waals surface area (Å²) >= 11 is 0. The Morgan fingerprint density at radius 3 is 2.12 bits per heavy atom. The number of hydrogen-bond acceptors (Lipinski definition) is 5. The molecule has 0 radical (unpaired) electrons. The summed E-state index contributed by atoms with van der Waals surface area (Å²) in [5.74, 6) is -2.43. The van der Waals surface area contributed by atoms with Crippen LogP contribution in [0.1, 0.15) is 25.8 Å². The van der Waals surface area contributed by atoms with E-state index in [1.807, 2.05) is 44.2 Å². The minimum atomic E-state index is -1.42. The third kappa shape index (κ3) is 7.20. The van der Waals surface area contributed by atoms with Crippen LogP contribution in [0.2, 0.25) is 0 Å². The summed E-state index contributed by atoms with van der Waals surface area (Å²) in [4.78, 5) is 35.6. The summed E-state index contributed by atoms with van der Waals surface area (Å²) in [6.45, 7) is 3.01. The number of nitrogens with one attached hydrogen (secondary N) is 2. The van der Waals surface area contributed by atoms with Crippen LogP contribution < -0.4 is 16.4 Å². The maximum atomic E-state index is 12.4. The summed E-state index contributed by atoms with van der Waals surface area (Å²) in [6, 6.07) is 6.05. The Hall–Kier alpha value is -2.45. The normalized spacial score (nSPS) is 14.3. The number of carboxylic acids is 1. The molecule has 8 nitrogen and oxygen atoms in total. The van der Waals surface area contributed by atoms with E-state index in [2.05, 4.69) is 10.6 Å². The number of carbonyl (C=O) groups excluding carboxylic acids is 2. The fraction of sp³-hybridized carbons (Fsp3) is 0.500. The van der Waals surface area contributed by atoms with Crippen molar-refractivity contribution >= 4 is 17.8 Å². The fourth-order valence-electron chi connectivity index (χ4n) is 2.40. The minimum absolute atomic E-state index is 0.0776. The molecule has 0 aliphatic rings. The monoisotopic (exact) mass is 365 g/mol. The van der Waals surface area contributed by atoms with Gasteiger partial charge in [-0.05, 0) is 24.3 Å². The number of amides is 2. The quantitative estimate of drug-likeness (QED) is 0.384. The second kappa shape index (κ2) is 10.5. The highest BCUT2D eigenvalue weighted by Gasteiger charge is 2.28. The van der Waals surface area contributed by atoms with Crippen LogP contribution in [0.5, 0.6) is 0 Å². The molecule has 0 heterocycles. The Morgan fingerprint density at radius 1 is 1.04 bits per heavy atom. The van der Waals surface area contributed by atoms with Gasteiger partial charge in [0.15, 0.2) is 0 Å². The summed E-state index contributed by atoms with van der Waals surface area (Å²) in [5, 5.41) is 22.8. The SMILES string of the molecule is CC(C)C[C@H](NC(=O)[C@@H](N)Cc1ccccc1)C(=O)N[C@@H](CO)C(=O)O. The van der Waals surface area contributed by atoms with Gasteiger partial charge in [0.05, 0.1) is 12.6 Å². The maximum Gasteiger partial charge on any atom is 0.328 e. The number of aliphatic hydroxyl groups excluding tert-OH is 1. The van der Waals surface area contributed by atoms with Gasteiger partial charge in [-0.3, -0.25) is 9.59 Å². The van der Waals surface area contributed by atoms with Crippen LogP contribution >= 0.6 is 0 Å². The number of carbonyl (C=O) groups is 3. The Morgan fingerprint density at radius 2 is 1.62 bits per heavy atom. The molecule has 6 N–H and O–H groups in total. The van der Waals surface area contributed by atoms with E-state index < -0.39 is 42.5 Å². The molecule has 3 atom stereocenters. The lowest BCUT2D eigenvalue weighted by molar-refractivity contribution is -0.143. The molecule has 0 aliphatic carbocycles. The number of aliphatic hydroxyl groups is 1. The van der Waals surface area contributed by atoms with E-state index in [0.717, 1.165) is 5.56 Å². The molecule has 0 bridgehead atoms. The average Bonchev–Trinajstić information content (AvgIpc) is 2.58. The van der Waals surface area contributed by atoms with Crippen molar-refractivity contribution in [1.29, 1.82) is 0 Å². The second-order valence-corrected chi connectivity index (χ2v) is 6.57. The average molecular weight is 365 g/mol. The van der Waals surface area contributed by atoms with Crippen molar-refractivity contribution in [2.45, 2.75) is 44.8 Å². The van der Waals surface area contributed by atoms with Crippen LogP contribution in [0.3, 0.4) is 0 Å². The highest BCUT2D eigenvalue weighted by Crippen LogP contribution is 2.07. The molecule has 26 heavy (non-hydrogen) atoms. The fourth-order valence-corrected chi connectivity index (χ4v) is 2.40. The van der Waals surface area contributed by atoms with Gasteiger partial charge in [-0.1, -0.05) is 44.2 Å². The van der Waals surface area contributed by atoms with Crippen LogP contribution in [0.15, 0.2) is 30.3 Å². The van der Waals surface area contributed by atoms with E-state index in [9.17, 15) is 14.4 Å². The maximum absolute atomic E-state index is 12.4. The highest BCUT2D eigenvalue weighted by molar-refractivity contribution is 5.91. The van der Waals surface area contributed by atoms with Gasteiger partial charge in [-0.25, -0.2) is 4.79 Å². The second-order valence-electron chi connectivity index (χ2n) is 6.57. The number of nitrogens with two attached hydrogens (primary N) is 1. The van der Waals surface area contributed by atoms with E-state index in [4.69, 9.17) is 15.9 Å². The van der Waals surface area contributed by atoms with Gasteiger partial charge in [0, 0.05) is 0 Å². The van der Waals surface area contributed by atoms with E-state index >= 15 is 0 Å². The summed E-state index contributed by atoms with van der Waals surface area (Å²) in [6.07, 6.45) is 0.629. The number of benzene rings is 1. The van der Waals surface area contributed by atoms with E-state index in [-0.39, 0.29) is 5.92 Å². The molecule has 2 amide bonds. The minimum Gasteiger partial charge on any atom is -0.480 e. The number of aliphatic carboxylic acids is 1. The Kier molecular flexibility index (Phi) is 8.74. The molecule has 0 unspecified atom stereocenters. The lowest BCUT2D eigenvalue weighted by Crippen LogP contribution is -2.55. The van der Waals surface area contributed by atoms with Gasteiger partial charge in [0.25, 0.3) is 0 Å². The Balaban J connectivity index is 2.74. The zero-order valence-corrected chi connectivity index (χ0v) is 15.0. The van der Waals surface area contributed by atoms with Crippen LogP contribution in [-0.2, 0) is 20.8 Å². The van der Waals surface area contributed by atoms with E-state index in [1.165, 1.54) is 0 Å². The molecule has 0 spiro atoms. The van der Waals surface area contributed by atoms with Crippen molar-refractivity contribution in [1.82, 2.24) is 10.6 Å². The van der Waals surface area contributed by atoms with Crippen molar-refractivity contribution in [2.75, 3.05) is 6.61 Å². The predicted octanol–water partition coefficient (Wildman–Crippen LogP) is -0.351. The number of carboxylic acid groups (broad SMARTS) is 1. The molecule has 1 rings (SSSR count).